The van der Waals surface area contributed by atoms with E-state index in [1.54, 1.807) is 18.2 Å². The highest BCUT2D eigenvalue weighted by atomic mass is 32.2. The molecule has 2 aromatic carbocycles. The molecule has 0 radical (unpaired) electrons. The third kappa shape index (κ3) is 4.45. The normalized spacial score (nSPS) is 16.2. The highest BCUT2D eigenvalue weighted by Gasteiger charge is 2.32. The second-order valence-electron chi connectivity index (χ2n) is 6.48. The van der Waals surface area contributed by atoms with Crippen LogP contribution in [0.5, 0.6) is 5.75 Å². The predicted molar refractivity (Wildman–Crippen MR) is 97.8 cm³/mol. The fraction of sp³-hybridized carbons (Fsp3) is 0.316. The number of nitrogens with zero attached hydrogens (tertiary/aromatic N) is 1. The molecule has 0 atom stereocenters. The number of phenols is 1. The Balaban J connectivity index is 1.56. The molecule has 1 aliphatic rings. The lowest BCUT2D eigenvalue weighted by molar-refractivity contribution is -0.126. The van der Waals surface area contributed by atoms with Gasteiger partial charge in [0, 0.05) is 31.1 Å². The predicted octanol–water partition coefficient (Wildman–Crippen LogP) is 2.25. The van der Waals surface area contributed by atoms with Gasteiger partial charge in [-0.05, 0) is 43.2 Å². The third-order valence-electron chi connectivity index (χ3n) is 4.71. The highest BCUT2D eigenvalue weighted by molar-refractivity contribution is 7.89. The first-order valence-electron chi connectivity index (χ1n) is 8.68. The lowest BCUT2D eigenvalue weighted by Gasteiger charge is -2.30. The molecule has 0 unspecified atom stereocenters. The van der Waals surface area contributed by atoms with Gasteiger partial charge >= 0.3 is 0 Å². The van der Waals surface area contributed by atoms with Crippen LogP contribution in [0.1, 0.15) is 18.4 Å². The minimum absolute atomic E-state index is 0.000757. The van der Waals surface area contributed by atoms with E-state index in [-0.39, 0.29) is 47.9 Å². The Morgan fingerprint density at radius 3 is 2.37 bits per heavy atom. The van der Waals surface area contributed by atoms with Crippen LogP contribution in [0.2, 0.25) is 0 Å². The number of phenolic OH excluding ortho intramolecular Hbond substituents is 1. The number of carbonyl (C=O) groups is 1. The molecule has 1 saturated heterocycles. The molecule has 1 fully saturated rings. The number of hydrogen-bond acceptors (Lipinski definition) is 4. The van der Waals surface area contributed by atoms with Crippen LogP contribution in [0.4, 0.5) is 4.39 Å². The van der Waals surface area contributed by atoms with E-state index in [1.807, 2.05) is 0 Å². The summed E-state index contributed by atoms with van der Waals surface area (Å²) in [7, 11) is -3.65. The molecule has 1 aliphatic heterocycles. The molecule has 3 rings (SSSR count). The molecule has 0 saturated carbocycles. The van der Waals surface area contributed by atoms with Crippen LogP contribution in [0.15, 0.2) is 53.4 Å². The first-order valence-corrected chi connectivity index (χ1v) is 10.1. The van der Waals surface area contributed by atoms with Gasteiger partial charge in [0.05, 0.1) is 4.90 Å². The van der Waals surface area contributed by atoms with Crippen molar-refractivity contribution in [3.8, 4) is 5.75 Å². The number of piperidine rings is 1. The molecule has 0 aliphatic carbocycles. The SMILES string of the molecule is O=C(NCc1ccccc1F)C1CCN(S(=O)(=O)c2ccc(O)cc2)CC1. The van der Waals surface area contributed by atoms with Gasteiger partial charge in [-0.2, -0.15) is 4.31 Å². The topological polar surface area (TPSA) is 86.7 Å². The smallest absolute Gasteiger partial charge is 0.243 e. The Labute approximate surface area is 157 Å². The second kappa shape index (κ2) is 8.06. The maximum absolute atomic E-state index is 13.6. The zero-order valence-electron chi connectivity index (χ0n) is 14.6. The first-order chi connectivity index (χ1) is 12.9. The van der Waals surface area contributed by atoms with Gasteiger partial charge in [0.15, 0.2) is 0 Å². The standard InChI is InChI=1S/C19H21FN2O4S/c20-18-4-2-1-3-15(18)13-21-19(24)14-9-11-22(12-10-14)27(25,26)17-7-5-16(23)6-8-17/h1-8,14,23H,9-13H2,(H,21,24). The Hall–Kier alpha value is -2.45. The summed E-state index contributed by atoms with van der Waals surface area (Å²) in [5, 5.41) is 12.0. The lowest BCUT2D eigenvalue weighted by atomic mass is 9.97. The number of aromatic hydroxyl groups is 1. The van der Waals surface area contributed by atoms with E-state index in [9.17, 15) is 22.7 Å². The monoisotopic (exact) mass is 392 g/mol. The summed E-state index contributed by atoms with van der Waals surface area (Å²) in [6.07, 6.45) is 0.806. The van der Waals surface area contributed by atoms with Gasteiger partial charge in [-0.1, -0.05) is 18.2 Å². The summed E-state index contributed by atoms with van der Waals surface area (Å²) < 4.78 is 40.2. The van der Waals surface area contributed by atoms with E-state index < -0.39 is 10.0 Å². The highest BCUT2D eigenvalue weighted by Crippen LogP contribution is 2.25. The molecule has 144 valence electrons. The maximum atomic E-state index is 13.6. The minimum Gasteiger partial charge on any atom is -0.508 e. The molecule has 8 heteroatoms. The van der Waals surface area contributed by atoms with Crippen molar-refractivity contribution in [1.29, 1.82) is 0 Å². The number of benzene rings is 2. The molecule has 0 spiro atoms. The van der Waals surface area contributed by atoms with Crippen LogP contribution in [0.25, 0.3) is 0 Å². The van der Waals surface area contributed by atoms with Gasteiger partial charge in [-0.25, -0.2) is 12.8 Å². The minimum atomic E-state index is -3.65. The number of sulfonamides is 1. The summed E-state index contributed by atoms with van der Waals surface area (Å²) in [5.41, 5.74) is 0.415. The van der Waals surface area contributed by atoms with Gasteiger partial charge in [0.2, 0.25) is 15.9 Å². The maximum Gasteiger partial charge on any atom is 0.243 e. The van der Waals surface area contributed by atoms with Crippen LogP contribution < -0.4 is 5.32 Å². The Kier molecular flexibility index (Phi) is 5.76. The zero-order chi connectivity index (χ0) is 19.4. The summed E-state index contributed by atoms with van der Waals surface area (Å²) in [6.45, 7) is 0.583. The van der Waals surface area contributed by atoms with Crippen LogP contribution >= 0.6 is 0 Å². The number of carbonyl (C=O) groups excluding carboxylic acids is 1. The molecule has 1 heterocycles. The van der Waals surface area contributed by atoms with Crippen molar-refractivity contribution in [2.75, 3.05) is 13.1 Å². The van der Waals surface area contributed by atoms with Crippen molar-refractivity contribution >= 4 is 15.9 Å². The van der Waals surface area contributed by atoms with Gasteiger partial charge in [-0.3, -0.25) is 4.79 Å². The van der Waals surface area contributed by atoms with Crippen molar-refractivity contribution in [1.82, 2.24) is 9.62 Å². The summed E-state index contributed by atoms with van der Waals surface area (Å²) in [4.78, 5) is 12.4. The molecule has 6 nitrogen and oxygen atoms in total. The van der Waals surface area contributed by atoms with Crippen molar-refractivity contribution in [3.63, 3.8) is 0 Å². The second-order valence-corrected chi connectivity index (χ2v) is 8.42. The molecule has 27 heavy (non-hydrogen) atoms. The van der Waals surface area contributed by atoms with E-state index in [2.05, 4.69) is 5.32 Å². The van der Waals surface area contributed by atoms with Crippen LogP contribution in [-0.4, -0.2) is 36.8 Å². The average molecular weight is 392 g/mol. The number of nitrogens with one attached hydrogen (secondary N) is 1. The number of halogens is 1. The van der Waals surface area contributed by atoms with E-state index >= 15 is 0 Å². The fourth-order valence-electron chi connectivity index (χ4n) is 3.09. The van der Waals surface area contributed by atoms with Gasteiger partial charge in [0.1, 0.15) is 11.6 Å². The molecule has 0 aromatic heterocycles. The molecule has 2 N–H and O–H groups in total. The van der Waals surface area contributed by atoms with Gasteiger partial charge < -0.3 is 10.4 Å². The van der Waals surface area contributed by atoms with Crippen LogP contribution in [0, 0.1) is 11.7 Å². The molecular weight excluding hydrogens is 371 g/mol. The molecule has 2 aromatic rings. The molecule has 0 bridgehead atoms. The molecular formula is C19H21FN2O4S. The van der Waals surface area contributed by atoms with Crippen molar-refractivity contribution in [2.45, 2.75) is 24.3 Å². The Bertz CT molecular complexity index is 908. The number of hydrogen-bond donors (Lipinski definition) is 2. The molecule has 1 amide bonds. The van der Waals surface area contributed by atoms with E-state index in [0.29, 0.717) is 18.4 Å². The van der Waals surface area contributed by atoms with Gasteiger partial charge in [-0.15, -0.1) is 0 Å². The van der Waals surface area contributed by atoms with E-state index in [1.165, 1.54) is 34.6 Å². The quantitative estimate of drug-likeness (QED) is 0.817. The summed E-state index contributed by atoms with van der Waals surface area (Å²) in [6, 6.07) is 11.6. The zero-order valence-corrected chi connectivity index (χ0v) is 15.5. The van der Waals surface area contributed by atoms with E-state index in [0.717, 1.165) is 0 Å². The van der Waals surface area contributed by atoms with Crippen LogP contribution in [0.3, 0.4) is 0 Å². The van der Waals surface area contributed by atoms with Crippen molar-refractivity contribution in [2.24, 2.45) is 5.92 Å². The fourth-order valence-corrected chi connectivity index (χ4v) is 4.56. The van der Waals surface area contributed by atoms with E-state index in [4.69, 9.17) is 0 Å². The van der Waals surface area contributed by atoms with Gasteiger partial charge in [0.25, 0.3) is 0 Å². The first kappa shape index (κ1) is 19.3. The Morgan fingerprint density at radius 2 is 1.74 bits per heavy atom. The summed E-state index contributed by atoms with van der Waals surface area (Å²) in [5.74, 6) is -0.866. The lowest BCUT2D eigenvalue weighted by Crippen LogP contribution is -2.42. The number of rotatable bonds is 5. The third-order valence-corrected chi connectivity index (χ3v) is 6.62. The number of amides is 1. The van der Waals surface area contributed by atoms with Crippen LogP contribution in [-0.2, 0) is 21.4 Å². The Morgan fingerprint density at radius 1 is 1.11 bits per heavy atom. The largest absolute Gasteiger partial charge is 0.508 e. The van der Waals surface area contributed by atoms with Crippen molar-refractivity contribution in [3.05, 3.63) is 59.9 Å². The summed E-state index contributed by atoms with van der Waals surface area (Å²) >= 11 is 0. The van der Waals surface area contributed by atoms with Crippen molar-refractivity contribution < 1.29 is 22.7 Å². The average Bonchev–Trinajstić information content (AvgIpc) is 2.67.